The third-order valence-electron chi connectivity index (χ3n) is 4.69. The van der Waals surface area contributed by atoms with Gasteiger partial charge >= 0.3 is 0 Å². The normalized spacial score (nSPS) is 36.8. The van der Waals surface area contributed by atoms with E-state index in [1.165, 1.54) is 6.42 Å². The van der Waals surface area contributed by atoms with Crippen LogP contribution in [-0.4, -0.2) is 15.6 Å². The molecule has 2 fully saturated rings. The van der Waals surface area contributed by atoms with Crippen molar-refractivity contribution in [2.75, 3.05) is 0 Å². The lowest BCUT2D eigenvalue weighted by atomic mass is 9.73. The minimum Gasteiger partial charge on any atom is -0.287 e. The molecule has 2 aliphatic rings. The van der Waals surface area contributed by atoms with Gasteiger partial charge in [-0.3, -0.25) is 4.18 Å². The average molecular weight is 294 g/mol. The quantitative estimate of drug-likeness (QED) is 0.801. The van der Waals surface area contributed by atoms with Crippen LogP contribution in [-0.2, 0) is 15.3 Å². The maximum Gasteiger partial charge on any atom is 0.158 e. The molecule has 0 heterocycles. The van der Waals surface area contributed by atoms with E-state index in [0.29, 0.717) is 12.8 Å². The lowest BCUT2D eigenvalue weighted by molar-refractivity contribution is 0.0990. The van der Waals surface area contributed by atoms with Crippen molar-refractivity contribution in [1.82, 2.24) is 0 Å². The fourth-order valence-corrected chi connectivity index (χ4v) is 4.56. The first-order chi connectivity index (χ1) is 9.65. The predicted molar refractivity (Wildman–Crippen MR) is 76.5 cm³/mol. The summed E-state index contributed by atoms with van der Waals surface area (Å²) >= 11 is -1.27. The second-order valence-electron chi connectivity index (χ2n) is 6.04. The molecular formula is C15H22N2O2S. The molecule has 0 bridgehead atoms. The van der Waals surface area contributed by atoms with Crippen molar-refractivity contribution in [2.24, 2.45) is 17.8 Å². The van der Waals surface area contributed by atoms with Gasteiger partial charge in [0.15, 0.2) is 11.1 Å². The highest BCUT2D eigenvalue weighted by Crippen LogP contribution is 2.36. The molecule has 0 N–H and O–H groups in total. The Hall–Kier alpha value is -0.910. The van der Waals surface area contributed by atoms with E-state index in [-0.39, 0.29) is 29.1 Å². The van der Waals surface area contributed by atoms with Crippen molar-refractivity contribution in [3.05, 3.63) is 0 Å². The summed E-state index contributed by atoms with van der Waals surface area (Å²) in [6, 6.07) is 4.54. The highest BCUT2D eigenvalue weighted by Gasteiger charge is 2.37. The van der Waals surface area contributed by atoms with Crippen LogP contribution in [0.15, 0.2) is 0 Å². The maximum absolute atomic E-state index is 12.3. The van der Waals surface area contributed by atoms with Crippen LogP contribution in [0.3, 0.4) is 0 Å². The second-order valence-corrected chi connectivity index (χ2v) is 7.42. The van der Waals surface area contributed by atoms with Crippen LogP contribution in [0.1, 0.15) is 51.9 Å². The second kappa shape index (κ2) is 7.20. The third-order valence-corrected chi connectivity index (χ3v) is 6.17. The molecule has 110 valence electrons. The van der Waals surface area contributed by atoms with Gasteiger partial charge in [0.1, 0.15) is 0 Å². The van der Waals surface area contributed by atoms with Gasteiger partial charge in [0.25, 0.3) is 0 Å². The van der Waals surface area contributed by atoms with Crippen molar-refractivity contribution in [2.45, 2.75) is 63.2 Å². The topological polar surface area (TPSA) is 73.9 Å². The first-order valence-electron chi connectivity index (χ1n) is 7.52. The molecule has 2 aliphatic carbocycles. The maximum atomic E-state index is 12.3. The SMILES string of the molecule is CC1C(C#N)CC(OS(=O)C2CCCCC2)CC1C#N. The fraction of sp³-hybridized carbons (Fsp3) is 0.867. The van der Waals surface area contributed by atoms with Crippen LogP contribution in [0.5, 0.6) is 0 Å². The largest absolute Gasteiger partial charge is 0.287 e. The predicted octanol–water partition coefficient (Wildman–Crippen LogP) is 3.08. The minimum atomic E-state index is -1.27. The Kier molecular flexibility index (Phi) is 5.57. The summed E-state index contributed by atoms with van der Waals surface area (Å²) in [6.07, 6.45) is 6.43. The number of nitrogens with zero attached hydrogens (tertiary/aromatic N) is 2. The zero-order valence-corrected chi connectivity index (χ0v) is 12.8. The Labute approximate surface area is 123 Å². The lowest BCUT2D eigenvalue weighted by Crippen LogP contribution is -2.35. The van der Waals surface area contributed by atoms with Gasteiger partial charge in [-0.25, -0.2) is 4.21 Å². The van der Waals surface area contributed by atoms with Gasteiger partial charge in [0, 0.05) is 0 Å². The molecular weight excluding hydrogens is 272 g/mol. The van der Waals surface area contributed by atoms with Gasteiger partial charge in [-0.05, 0) is 31.6 Å². The zero-order chi connectivity index (χ0) is 14.5. The Bertz CT molecular complexity index is 410. The van der Waals surface area contributed by atoms with E-state index in [9.17, 15) is 14.7 Å². The molecule has 0 spiro atoms. The molecule has 3 atom stereocenters. The van der Waals surface area contributed by atoms with Crippen molar-refractivity contribution in [3.8, 4) is 12.1 Å². The van der Waals surface area contributed by atoms with Crippen molar-refractivity contribution < 1.29 is 8.39 Å². The summed E-state index contributed by atoms with van der Waals surface area (Å²) in [5.41, 5.74) is 0. The van der Waals surface area contributed by atoms with Crippen LogP contribution >= 0.6 is 0 Å². The van der Waals surface area contributed by atoms with E-state index in [0.717, 1.165) is 25.7 Å². The van der Waals surface area contributed by atoms with Crippen LogP contribution in [0, 0.1) is 40.4 Å². The van der Waals surface area contributed by atoms with E-state index < -0.39 is 11.1 Å². The molecule has 0 saturated heterocycles. The number of nitriles is 2. The van der Waals surface area contributed by atoms with Crippen LogP contribution < -0.4 is 0 Å². The Morgan fingerprint density at radius 3 is 2.10 bits per heavy atom. The molecule has 2 saturated carbocycles. The van der Waals surface area contributed by atoms with Gasteiger partial charge in [-0.15, -0.1) is 0 Å². The van der Waals surface area contributed by atoms with Crippen molar-refractivity contribution in [3.63, 3.8) is 0 Å². The number of rotatable bonds is 3. The molecule has 20 heavy (non-hydrogen) atoms. The fourth-order valence-electron chi connectivity index (χ4n) is 3.26. The molecule has 5 heteroatoms. The summed E-state index contributed by atoms with van der Waals surface area (Å²) in [4.78, 5) is 0. The van der Waals surface area contributed by atoms with E-state index in [1.807, 2.05) is 6.92 Å². The zero-order valence-electron chi connectivity index (χ0n) is 12.0. The van der Waals surface area contributed by atoms with Gasteiger partial charge in [0.05, 0.1) is 35.3 Å². The van der Waals surface area contributed by atoms with Gasteiger partial charge < -0.3 is 0 Å². The molecule has 0 aromatic carbocycles. The van der Waals surface area contributed by atoms with Crippen molar-refractivity contribution in [1.29, 1.82) is 10.5 Å². The average Bonchev–Trinajstić information content (AvgIpc) is 2.49. The Morgan fingerprint density at radius 2 is 1.60 bits per heavy atom. The van der Waals surface area contributed by atoms with Gasteiger partial charge in [0.2, 0.25) is 0 Å². The third kappa shape index (κ3) is 3.59. The number of hydrogen-bond acceptors (Lipinski definition) is 4. The van der Waals surface area contributed by atoms with E-state index in [1.54, 1.807) is 0 Å². The van der Waals surface area contributed by atoms with E-state index in [4.69, 9.17) is 4.18 Å². The highest BCUT2D eigenvalue weighted by atomic mass is 32.2. The first-order valence-corrected chi connectivity index (χ1v) is 8.66. The monoisotopic (exact) mass is 294 g/mol. The smallest absolute Gasteiger partial charge is 0.158 e. The summed E-state index contributed by atoms with van der Waals surface area (Å²) in [7, 11) is 0. The molecule has 0 amide bonds. The Balaban J connectivity index is 1.93. The summed E-state index contributed by atoms with van der Waals surface area (Å²) < 4.78 is 18.0. The first kappa shape index (κ1) is 15.5. The summed E-state index contributed by atoms with van der Waals surface area (Å²) in [5, 5.41) is 18.5. The number of hydrogen-bond donors (Lipinski definition) is 0. The molecule has 0 aromatic rings. The molecule has 0 aromatic heterocycles. The van der Waals surface area contributed by atoms with Gasteiger partial charge in [-0.1, -0.05) is 26.2 Å². The van der Waals surface area contributed by atoms with Crippen LogP contribution in [0.2, 0.25) is 0 Å². The lowest BCUT2D eigenvalue weighted by Gasteiger charge is -2.34. The van der Waals surface area contributed by atoms with Gasteiger partial charge in [-0.2, -0.15) is 10.5 Å². The highest BCUT2D eigenvalue weighted by molar-refractivity contribution is 7.80. The van der Waals surface area contributed by atoms with Crippen molar-refractivity contribution >= 4 is 11.1 Å². The molecule has 2 rings (SSSR count). The van der Waals surface area contributed by atoms with E-state index in [2.05, 4.69) is 12.1 Å². The molecule has 0 aliphatic heterocycles. The van der Waals surface area contributed by atoms with Crippen LogP contribution in [0.4, 0.5) is 0 Å². The summed E-state index contributed by atoms with van der Waals surface area (Å²) in [6.45, 7) is 1.95. The molecule has 4 nitrogen and oxygen atoms in total. The molecule has 3 unspecified atom stereocenters. The Morgan fingerprint density at radius 1 is 1.05 bits per heavy atom. The molecule has 0 radical (unpaired) electrons. The standard InChI is InChI=1S/C15H22N2O2S/c1-11-12(9-16)7-14(8-13(11)10-17)19-20(18)15-5-3-2-4-6-15/h11-15H,2-8H2,1H3. The van der Waals surface area contributed by atoms with Crippen LogP contribution in [0.25, 0.3) is 0 Å². The minimum absolute atomic E-state index is 0.0768. The summed E-state index contributed by atoms with van der Waals surface area (Å²) in [5.74, 6) is -0.253. The van der Waals surface area contributed by atoms with E-state index >= 15 is 0 Å².